The van der Waals surface area contributed by atoms with Gasteiger partial charge in [-0.1, -0.05) is 54.6 Å². The van der Waals surface area contributed by atoms with E-state index in [-0.39, 0.29) is 18.9 Å². The van der Waals surface area contributed by atoms with Crippen LogP contribution in [0, 0.1) is 6.92 Å². The molecule has 1 aliphatic rings. The molecule has 5 rings (SSSR count). The van der Waals surface area contributed by atoms with Crippen LogP contribution in [-0.4, -0.2) is 34.8 Å². The van der Waals surface area contributed by atoms with Crippen LogP contribution < -0.4 is 5.32 Å². The second-order valence-electron chi connectivity index (χ2n) is 8.14. The van der Waals surface area contributed by atoms with Crippen LogP contribution in [0.4, 0.5) is 4.79 Å². The van der Waals surface area contributed by atoms with Crippen LogP contribution in [0.3, 0.4) is 0 Å². The summed E-state index contributed by atoms with van der Waals surface area (Å²) in [5.41, 5.74) is 6.42. The monoisotopic (exact) mass is 458 g/mol. The van der Waals surface area contributed by atoms with Gasteiger partial charge in [0.05, 0.1) is 15.2 Å². The Morgan fingerprint density at radius 3 is 2.39 bits per heavy atom. The van der Waals surface area contributed by atoms with Crippen molar-refractivity contribution in [3.63, 3.8) is 0 Å². The van der Waals surface area contributed by atoms with Crippen molar-refractivity contribution in [1.29, 1.82) is 0 Å². The van der Waals surface area contributed by atoms with E-state index in [9.17, 15) is 14.7 Å². The molecule has 166 valence electrons. The number of fused-ring (bicyclic) bond motifs is 4. The summed E-state index contributed by atoms with van der Waals surface area (Å²) in [5, 5.41) is 12.8. The second kappa shape index (κ2) is 8.67. The third-order valence-electron chi connectivity index (χ3n) is 5.90. The highest BCUT2D eigenvalue weighted by atomic mass is 32.1. The molecule has 1 amide bonds. The maximum Gasteiger partial charge on any atom is 0.407 e. The number of alkyl carbamates (subject to hydrolysis) is 1. The minimum absolute atomic E-state index is 0.0843. The number of carboxylic acids is 1. The fourth-order valence-corrected chi connectivity index (χ4v) is 5.43. The minimum atomic E-state index is -1.13. The van der Waals surface area contributed by atoms with Crippen molar-refractivity contribution in [2.45, 2.75) is 25.3 Å². The zero-order chi connectivity index (χ0) is 22.9. The molecule has 3 aromatic carbocycles. The van der Waals surface area contributed by atoms with Gasteiger partial charge in [-0.05, 0) is 46.9 Å². The smallest absolute Gasteiger partial charge is 0.407 e. The molecule has 1 aromatic heterocycles. The summed E-state index contributed by atoms with van der Waals surface area (Å²) >= 11 is 1.44. The summed E-state index contributed by atoms with van der Waals surface area (Å²) in [6.07, 6.45) is -0.654. The Morgan fingerprint density at radius 1 is 1.06 bits per heavy atom. The van der Waals surface area contributed by atoms with E-state index in [0.717, 1.165) is 38.0 Å². The van der Waals surface area contributed by atoms with E-state index < -0.39 is 18.1 Å². The molecule has 0 spiro atoms. The van der Waals surface area contributed by atoms with E-state index in [1.165, 1.54) is 11.3 Å². The molecule has 0 fully saturated rings. The highest BCUT2D eigenvalue weighted by Crippen LogP contribution is 2.44. The van der Waals surface area contributed by atoms with Gasteiger partial charge in [0.15, 0.2) is 0 Å². The number of nitrogens with one attached hydrogen (secondary N) is 1. The van der Waals surface area contributed by atoms with Gasteiger partial charge in [-0.25, -0.2) is 14.6 Å². The van der Waals surface area contributed by atoms with Crippen LogP contribution in [0.1, 0.15) is 27.6 Å². The van der Waals surface area contributed by atoms with Gasteiger partial charge in [0.25, 0.3) is 0 Å². The van der Waals surface area contributed by atoms with Gasteiger partial charge in [-0.15, -0.1) is 11.3 Å². The third kappa shape index (κ3) is 4.19. The molecule has 0 radical (unpaired) electrons. The Labute approximate surface area is 194 Å². The van der Waals surface area contributed by atoms with Gasteiger partial charge >= 0.3 is 12.1 Å². The normalized spacial score (nSPS) is 13.4. The van der Waals surface area contributed by atoms with Crippen molar-refractivity contribution in [3.05, 3.63) is 88.4 Å². The summed E-state index contributed by atoms with van der Waals surface area (Å²) in [6.45, 7) is 2.13. The fourth-order valence-electron chi connectivity index (χ4n) is 4.32. The lowest BCUT2D eigenvalue weighted by Crippen LogP contribution is -2.42. The van der Waals surface area contributed by atoms with Gasteiger partial charge in [-0.2, -0.15) is 0 Å². The van der Waals surface area contributed by atoms with E-state index in [1.807, 2.05) is 61.5 Å². The van der Waals surface area contributed by atoms with Crippen LogP contribution in [0.5, 0.6) is 0 Å². The predicted molar refractivity (Wildman–Crippen MR) is 128 cm³/mol. The van der Waals surface area contributed by atoms with Crippen molar-refractivity contribution in [1.82, 2.24) is 10.3 Å². The van der Waals surface area contributed by atoms with Crippen molar-refractivity contribution in [2.24, 2.45) is 0 Å². The number of hydrogen-bond donors (Lipinski definition) is 2. The zero-order valence-corrected chi connectivity index (χ0v) is 18.8. The molecule has 0 saturated carbocycles. The molecule has 2 N–H and O–H groups in total. The number of amides is 1. The Morgan fingerprint density at radius 2 is 1.73 bits per heavy atom. The summed E-state index contributed by atoms with van der Waals surface area (Å²) in [6, 6.07) is 20.9. The van der Waals surface area contributed by atoms with Crippen LogP contribution in [0.2, 0.25) is 0 Å². The van der Waals surface area contributed by atoms with E-state index >= 15 is 0 Å². The number of ether oxygens (including phenoxy) is 1. The lowest BCUT2D eigenvalue weighted by molar-refractivity contribution is -0.139. The molecule has 1 atom stereocenters. The molecule has 4 aromatic rings. The average molecular weight is 459 g/mol. The predicted octanol–water partition coefficient (Wildman–Crippen LogP) is 5.14. The molecule has 1 aliphatic carbocycles. The number of carbonyl (C=O) groups excluding carboxylic acids is 1. The number of carbonyl (C=O) groups is 2. The first-order valence-corrected chi connectivity index (χ1v) is 11.5. The SMILES string of the molecule is Cc1ccc2nc(C[C@H](NC(=O)OCC3c4ccccc4-c4ccccc43)C(=O)O)sc2c1. The number of carboxylic acid groups (broad SMARTS) is 1. The number of aryl methyl sites for hydroxylation is 1. The zero-order valence-electron chi connectivity index (χ0n) is 17.9. The van der Waals surface area contributed by atoms with E-state index in [0.29, 0.717) is 5.01 Å². The summed E-state index contributed by atoms with van der Waals surface area (Å²) in [4.78, 5) is 28.8. The largest absolute Gasteiger partial charge is 0.480 e. The molecule has 0 aliphatic heterocycles. The maximum atomic E-state index is 12.5. The van der Waals surface area contributed by atoms with Gasteiger partial charge in [0.2, 0.25) is 0 Å². The Hall–Kier alpha value is -3.71. The first kappa shape index (κ1) is 21.2. The Balaban J connectivity index is 1.27. The third-order valence-corrected chi connectivity index (χ3v) is 6.94. The van der Waals surface area contributed by atoms with Crippen molar-refractivity contribution in [2.75, 3.05) is 6.61 Å². The number of nitrogens with zero attached hydrogens (tertiary/aromatic N) is 1. The lowest BCUT2D eigenvalue weighted by atomic mass is 9.98. The van der Waals surface area contributed by atoms with E-state index in [1.54, 1.807) is 0 Å². The summed E-state index contributed by atoms with van der Waals surface area (Å²) in [7, 11) is 0. The molecular formula is C26H22N2O4S. The Bertz CT molecular complexity index is 1320. The van der Waals surface area contributed by atoms with Gasteiger partial charge in [-0.3, -0.25) is 0 Å². The number of rotatable bonds is 6. The van der Waals surface area contributed by atoms with Gasteiger partial charge in [0.1, 0.15) is 12.6 Å². The molecule has 0 saturated heterocycles. The molecule has 0 bridgehead atoms. The van der Waals surface area contributed by atoms with Crippen LogP contribution in [0.15, 0.2) is 66.7 Å². The quantitative estimate of drug-likeness (QED) is 0.418. The lowest BCUT2D eigenvalue weighted by Gasteiger charge is -2.17. The van der Waals surface area contributed by atoms with Crippen LogP contribution in [0.25, 0.3) is 21.3 Å². The van der Waals surface area contributed by atoms with E-state index in [4.69, 9.17) is 4.74 Å². The van der Waals surface area contributed by atoms with Crippen LogP contribution in [-0.2, 0) is 16.0 Å². The molecule has 33 heavy (non-hydrogen) atoms. The second-order valence-corrected chi connectivity index (χ2v) is 9.26. The summed E-state index contributed by atoms with van der Waals surface area (Å²) < 4.78 is 6.50. The molecule has 7 heteroatoms. The van der Waals surface area contributed by atoms with Crippen molar-refractivity contribution in [3.8, 4) is 11.1 Å². The minimum Gasteiger partial charge on any atom is -0.480 e. The van der Waals surface area contributed by atoms with E-state index in [2.05, 4.69) is 22.4 Å². The fraction of sp³-hybridized carbons (Fsp3) is 0.192. The first-order valence-electron chi connectivity index (χ1n) is 10.7. The highest BCUT2D eigenvalue weighted by Gasteiger charge is 2.30. The van der Waals surface area contributed by atoms with Gasteiger partial charge < -0.3 is 15.2 Å². The highest BCUT2D eigenvalue weighted by molar-refractivity contribution is 7.18. The molecule has 6 nitrogen and oxygen atoms in total. The number of benzene rings is 3. The van der Waals surface area contributed by atoms with Gasteiger partial charge in [0, 0.05) is 12.3 Å². The topological polar surface area (TPSA) is 88.5 Å². The maximum absolute atomic E-state index is 12.5. The molecule has 0 unspecified atom stereocenters. The van der Waals surface area contributed by atoms with Crippen molar-refractivity contribution < 1.29 is 19.4 Å². The number of hydrogen-bond acceptors (Lipinski definition) is 5. The number of aromatic nitrogens is 1. The molecular weight excluding hydrogens is 436 g/mol. The first-order chi connectivity index (χ1) is 16.0. The number of thiazole rings is 1. The number of aliphatic carboxylic acids is 1. The average Bonchev–Trinajstić information content (AvgIpc) is 3.35. The molecule has 1 heterocycles. The van der Waals surface area contributed by atoms with Crippen LogP contribution >= 0.6 is 11.3 Å². The standard InChI is InChI=1S/C26H22N2O4S/c1-15-10-11-21-23(12-15)33-24(27-21)13-22(25(29)30)28-26(31)32-14-20-18-8-4-2-6-16(18)17-7-3-5-9-19(17)20/h2-12,20,22H,13-14H2,1H3,(H,28,31)(H,29,30)/t22-/m0/s1. The Kier molecular flexibility index (Phi) is 5.56. The van der Waals surface area contributed by atoms with Crippen molar-refractivity contribution >= 4 is 33.6 Å². The summed E-state index contributed by atoms with van der Waals surface area (Å²) in [5.74, 6) is -1.21.